The third-order valence-electron chi connectivity index (χ3n) is 3.46. The third-order valence-corrected chi connectivity index (χ3v) is 3.69. The number of rotatable bonds is 3. The zero-order chi connectivity index (χ0) is 14.8. The van der Waals surface area contributed by atoms with Crippen molar-refractivity contribution in [3.8, 4) is 0 Å². The predicted octanol–water partition coefficient (Wildman–Crippen LogP) is 4.24. The maximum atomic E-state index is 12.2. The van der Waals surface area contributed by atoms with Crippen molar-refractivity contribution in [2.75, 3.05) is 5.32 Å². The molecule has 3 nitrogen and oxygen atoms in total. The highest BCUT2D eigenvalue weighted by molar-refractivity contribution is 6.30. The van der Waals surface area contributed by atoms with Gasteiger partial charge < -0.3 is 9.88 Å². The summed E-state index contributed by atoms with van der Waals surface area (Å²) in [7, 11) is 0. The van der Waals surface area contributed by atoms with Crippen LogP contribution in [0.4, 0.5) is 5.69 Å². The Kier molecular flexibility index (Phi) is 3.67. The molecule has 106 valence electrons. The molecule has 0 aliphatic heterocycles. The van der Waals surface area contributed by atoms with Gasteiger partial charge in [-0.2, -0.15) is 0 Å². The average molecular weight is 299 g/mol. The average Bonchev–Trinajstić information content (AvgIpc) is 2.85. The zero-order valence-electron chi connectivity index (χ0n) is 11.6. The minimum Gasteiger partial charge on any atom is -0.338 e. The maximum Gasteiger partial charge on any atom is 0.244 e. The van der Waals surface area contributed by atoms with Gasteiger partial charge in [-0.15, -0.1) is 0 Å². The monoisotopic (exact) mass is 298 g/mol. The standard InChI is InChI=1S/C17H15ClN2O/c1-12-10-14(18)6-7-15(12)19-17(21)11-20-9-8-13-4-2-3-5-16(13)20/h2-10H,11H2,1H3,(H,19,21). The van der Waals surface area contributed by atoms with Crippen LogP contribution in [0.15, 0.2) is 54.7 Å². The minimum atomic E-state index is -0.0539. The quantitative estimate of drug-likeness (QED) is 0.771. The highest BCUT2D eigenvalue weighted by Gasteiger charge is 2.08. The molecule has 0 fully saturated rings. The zero-order valence-corrected chi connectivity index (χ0v) is 12.4. The molecule has 0 aliphatic rings. The summed E-state index contributed by atoms with van der Waals surface area (Å²) < 4.78 is 1.94. The molecule has 0 atom stereocenters. The summed E-state index contributed by atoms with van der Waals surface area (Å²) in [4.78, 5) is 12.2. The number of nitrogens with zero attached hydrogens (tertiary/aromatic N) is 1. The van der Waals surface area contributed by atoms with Gasteiger partial charge in [0.1, 0.15) is 6.54 Å². The molecule has 1 N–H and O–H groups in total. The van der Waals surface area contributed by atoms with Crippen LogP contribution in [0.2, 0.25) is 5.02 Å². The number of para-hydroxylation sites is 1. The second-order valence-corrected chi connectivity index (χ2v) is 5.45. The number of carbonyl (C=O) groups excluding carboxylic acids is 1. The molecule has 2 aromatic carbocycles. The van der Waals surface area contributed by atoms with Gasteiger partial charge in [-0.1, -0.05) is 29.8 Å². The van der Waals surface area contributed by atoms with Crippen molar-refractivity contribution < 1.29 is 4.79 Å². The SMILES string of the molecule is Cc1cc(Cl)ccc1NC(=O)Cn1ccc2ccccc21. The van der Waals surface area contributed by atoms with Crippen molar-refractivity contribution in [2.24, 2.45) is 0 Å². The molecule has 0 unspecified atom stereocenters. The molecule has 4 heteroatoms. The molecule has 0 aliphatic carbocycles. The molecule has 3 aromatic rings. The lowest BCUT2D eigenvalue weighted by molar-refractivity contribution is -0.116. The lowest BCUT2D eigenvalue weighted by atomic mass is 10.2. The highest BCUT2D eigenvalue weighted by Crippen LogP contribution is 2.20. The Bertz CT molecular complexity index is 807. The van der Waals surface area contributed by atoms with Gasteiger partial charge in [0.25, 0.3) is 0 Å². The van der Waals surface area contributed by atoms with Crippen LogP contribution in [0, 0.1) is 6.92 Å². The van der Waals surface area contributed by atoms with E-state index in [1.165, 1.54) is 0 Å². The van der Waals surface area contributed by atoms with Gasteiger partial charge in [0, 0.05) is 22.4 Å². The van der Waals surface area contributed by atoms with E-state index in [0.717, 1.165) is 22.2 Å². The number of amides is 1. The number of benzene rings is 2. The molecule has 0 saturated heterocycles. The number of halogens is 1. The van der Waals surface area contributed by atoms with E-state index in [2.05, 4.69) is 5.32 Å². The predicted molar refractivity (Wildman–Crippen MR) is 86.8 cm³/mol. The smallest absolute Gasteiger partial charge is 0.244 e. The van der Waals surface area contributed by atoms with Crippen molar-refractivity contribution >= 4 is 34.1 Å². The van der Waals surface area contributed by atoms with Crippen molar-refractivity contribution in [1.29, 1.82) is 0 Å². The van der Waals surface area contributed by atoms with E-state index in [1.807, 2.05) is 60.2 Å². The Morgan fingerprint density at radius 1 is 1.19 bits per heavy atom. The van der Waals surface area contributed by atoms with E-state index in [4.69, 9.17) is 11.6 Å². The number of hydrogen-bond acceptors (Lipinski definition) is 1. The Morgan fingerprint density at radius 2 is 2.00 bits per heavy atom. The third kappa shape index (κ3) is 2.93. The summed E-state index contributed by atoms with van der Waals surface area (Å²) >= 11 is 5.92. The van der Waals surface area contributed by atoms with Gasteiger partial charge in [-0.25, -0.2) is 0 Å². The first-order chi connectivity index (χ1) is 10.1. The number of nitrogens with one attached hydrogen (secondary N) is 1. The Labute approximate surface area is 128 Å². The van der Waals surface area contributed by atoms with Gasteiger partial charge in [-0.05, 0) is 48.2 Å². The van der Waals surface area contributed by atoms with E-state index >= 15 is 0 Å². The first-order valence-corrected chi connectivity index (χ1v) is 7.11. The summed E-state index contributed by atoms with van der Waals surface area (Å²) in [5, 5.41) is 4.72. The molecular formula is C17H15ClN2O. The van der Waals surface area contributed by atoms with E-state index in [-0.39, 0.29) is 12.5 Å². The first-order valence-electron chi connectivity index (χ1n) is 6.73. The minimum absolute atomic E-state index is 0.0539. The molecule has 0 spiro atoms. The fourth-order valence-electron chi connectivity index (χ4n) is 2.39. The van der Waals surface area contributed by atoms with E-state index in [9.17, 15) is 4.79 Å². The van der Waals surface area contributed by atoms with Crippen molar-refractivity contribution in [2.45, 2.75) is 13.5 Å². The van der Waals surface area contributed by atoms with Crippen LogP contribution in [0.1, 0.15) is 5.56 Å². The molecule has 1 aromatic heterocycles. The second kappa shape index (κ2) is 5.62. The summed E-state index contributed by atoms with van der Waals surface area (Å²) in [6.07, 6.45) is 1.93. The number of hydrogen-bond donors (Lipinski definition) is 1. The second-order valence-electron chi connectivity index (χ2n) is 5.01. The van der Waals surface area contributed by atoms with Gasteiger partial charge >= 0.3 is 0 Å². The molecule has 1 heterocycles. The summed E-state index contributed by atoms with van der Waals surface area (Å²) in [5.74, 6) is -0.0539. The molecule has 0 bridgehead atoms. The fraction of sp³-hybridized carbons (Fsp3) is 0.118. The van der Waals surface area contributed by atoms with Gasteiger partial charge in [-0.3, -0.25) is 4.79 Å². The number of aryl methyl sites for hydroxylation is 1. The Hall–Kier alpha value is -2.26. The lowest BCUT2D eigenvalue weighted by Crippen LogP contribution is -2.18. The van der Waals surface area contributed by atoms with Gasteiger partial charge in [0.15, 0.2) is 0 Å². The van der Waals surface area contributed by atoms with Crippen LogP contribution >= 0.6 is 11.6 Å². The molecule has 1 amide bonds. The molecular weight excluding hydrogens is 284 g/mol. The molecule has 0 radical (unpaired) electrons. The number of aromatic nitrogens is 1. The number of anilines is 1. The van der Waals surface area contributed by atoms with Crippen LogP contribution in [-0.4, -0.2) is 10.5 Å². The number of fused-ring (bicyclic) bond motifs is 1. The van der Waals surface area contributed by atoms with Crippen molar-refractivity contribution in [3.63, 3.8) is 0 Å². The number of carbonyl (C=O) groups is 1. The highest BCUT2D eigenvalue weighted by atomic mass is 35.5. The first kappa shape index (κ1) is 13.7. The van der Waals surface area contributed by atoms with Crippen LogP contribution in [0.25, 0.3) is 10.9 Å². The lowest BCUT2D eigenvalue weighted by Gasteiger charge is -2.10. The molecule has 21 heavy (non-hydrogen) atoms. The molecule has 3 rings (SSSR count). The van der Waals surface area contributed by atoms with Crippen LogP contribution < -0.4 is 5.32 Å². The Balaban J connectivity index is 1.77. The normalized spacial score (nSPS) is 10.8. The summed E-state index contributed by atoms with van der Waals surface area (Å²) in [6.45, 7) is 2.21. The fourth-order valence-corrected chi connectivity index (χ4v) is 2.62. The van der Waals surface area contributed by atoms with Crippen LogP contribution in [-0.2, 0) is 11.3 Å². The summed E-state index contributed by atoms with van der Waals surface area (Å²) in [6, 6.07) is 15.4. The summed E-state index contributed by atoms with van der Waals surface area (Å²) in [5.41, 5.74) is 2.80. The van der Waals surface area contributed by atoms with E-state index < -0.39 is 0 Å². The van der Waals surface area contributed by atoms with Crippen LogP contribution in [0.3, 0.4) is 0 Å². The maximum absolute atomic E-state index is 12.2. The van der Waals surface area contributed by atoms with Gasteiger partial charge in [0.05, 0.1) is 0 Å². The van der Waals surface area contributed by atoms with Crippen LogP contribution in [0.5, 0.6) is 0 Å². The molecule has 0 saturated carbocycles. The van der Waals surface area contributed by atoms with Gasteiger partial charge in [0.2, 0.25) is 5.91 Å². The van der Waals surface area contributed by atoms with Crippen molar-refractivity contribution in [1.82, 2.24) is 4.57 Å². The Morgan fingerprint density at radius 3 is 2.81 bits per heavy atom. The van der Waals surface area contributed by atoms with Crippen molar-refractivity contribution in [3.05, 3.63) is 65.3 Å². The largest absolute Gasteiger partial charge is 0.338 e. The topological polar surface area (TPSA) is 34.0 Å². The van der Waals surface area contributed by atoms with E-state index in [0.29, 0.717) is 5.02 Å². The van der Waals surface area contributed by atoms with E-state index in [1.54, 1.807) is 6.07 Å².